The van der Waals surface area contributed by atoms with E-state index in [2.05, 4.69) is 0 Å². The number of nitrogens with two attached hydrogens (primary N) is 1. The van der Waals surface area contributed by atoms with Crippen molar-refractivity contribution in [1.82, 2.24) is 0 Å². The van der Waals surface area contributed by atoms with E-state index in [1.165, 1.54) is 25.3 Å². The highest BCUT2D eigenvalue weighted by Crippen LogP contribution is 2.26. The van der Waals surface area contributed by atoms with Crippen LogP contribution in [0.5, 0.6) is 0 Å². The molecule has 2 unspecified atom stereocenters. The summed E-state index contributed by atoms with van der Waals surface area (Å²) in [6.07, 6.45) is 5.74. The van der Waals surface area contributed by atoms with Gasteiger partial charge in [0.05, 0.1) is 5.69 Å². The van der Waals surface area contributed by atoms with E-state index < -0.39 is 0 Å². The van der Waals surface area contributed by atoms with Gasteiger partial charge in [0.15, 0.2) is 0 Å². The average molecular weight is 236 g/mol. The Morgan fingerprint density at radius 2 is 1.88 bits per heavy atom. The van der Waals surface area contributed by atoms with Gasteiger partial charge in [-0.05, 0) is 25.0 Å². The number of benzene rings is 1. The Morgan fingerprint density at radius 3 is 2.65 bits per heavy atom. The predicted molar refractivity (Wildman–Crippen MR) is 69.7 cm³/mol. The molecular weight excluding hydrogens is 215 g/mol. The summed E-state index contributed by atoms with van der Waals surface area (Å²) < 4.78 is 13.7. The molecule has 1 fully saturated rings. The Balaban J connectivity index is 2.18. The van der Waals surface area contributed by atoms with Gasteiger partial charge < -0.3 is 10.6 Å². The molecule has 0 bridgehead atoms. The molecule has 2 rings (SSSR count). The van der Waals surface area contributed by atoms with Crippen LogP contribution in [0.3, 0.4) is 0 Å². The molecule has 3 heteroatoms. The van der Waals surface area contributed by atoms with Gasteiger partial charge in [0.2, 0.25) is 0 Å². The lowest BCUT2D eigenvalue weighted by molar-refractivity contribution is 0.474. The van der Waals surface area contributed by atoms with Crippen LogP contribution < -0.4 is 10.6 Å². The molecule has 1 aromatic rings. The zero-order valence-electron chi connectivity index (χ0n) is 10.4. The van der Waals surface area contributed by atoms with Crippen molar-refractivity contribution in [3.63, 3.8) is 0 Å². The van der Waals surface area contributed by atoms with Crippen LogP contribution in [0.1, 0.15) is 32.1 Å². The van der Waals surface area contributed by atoms with Crippen LogP contribution >= 0.6 is 0 Å². The molecule has 0 spiro atoms. The summed E-state index contributed by atoms with van der Waals surface area (Å²) in [6.45, 7) is 0. The largest absolute Gasteiger partial charge is 0.368 e. The zero-order valence-corrected chi connectivity index (χ0v) is 10.4. The van der Waals surface area contributed by atoms with Gasteiger partial charge >= 0.3 is 0 Å². The van der Waals surface area contributed by atoms with Gasteiger partial charge in [0, 0.05) is 19.1 Å². The summed E-state index contributed by atoms with van der Waals surface area (Å²) in [5, 5.41) is 0. The highest BCUT2D eigenvalue weighted by Gasteiger charge is 2.25. The molecule has 2 atom stereocenters. The molecule has 2 N–H and O–H groups in total. The van der Waals surface area contributed by atoms with E-state index in [1.54, 1.807) is 6.07 Å². The SMILES string of the molecule is CN(c1ccccc1F)C1CCCCCC1N. The van der Waals surface area contributed by atoms with E-state index in [0.717, 1.165) is 12.8 Å². The number of nitrogens with zero attached hydrogens (tertiary/aromatic N) is 1. The predicted octanol–water partition coefficient (Wildman–Crippen LogP) is 2.92. The van der Waals surface area contributed by atoms with Crippen molar-refractivity contribution in [3.8, 4) is 0 Å². The third kappa shape index (κ3) is 2.78. The lowest BCUT2D eigenvalue weighted by Gasteiger charge is -2.33. The summed E-state index contributed by atoms with van der Waals surface area (Å²) in [4.78, 5) is 2.02. The Hall–Kier alpha value is -1.09. The maximum Gasteiger partial charge on any atom is 0.146 e. The molecule has 0 aromatic heterocycles. The van der Waals surface area contributed by atoms with Gasteiger partial charge in [-0.15, -0.1) is 0 Å². The molecule has 1 aliphatic carbocycles. The summed E-state index contributed by atoms with van der Waals surface area (Å²) in [7, 11) is 1.95. The smallest absolute Gasteiger partial charge is 0.146 e. The Labute approximate surface area is 103 Å². The van der Waals surface area contributed by atoms with E-state index >= 15 is 0 Å². The molecule has 0 radical (unpaired) electrons. The molecule has 17 heavy (non-hydrogen) atoms. The van der Waals surface area contributed by atoms with Crippen molar-refractivity contribution < 1.29 is 4.39 Å². The van der Waals surface area contributed by atoms with Gasteiger partial charge in [-0.25, -0.2) is 4.39 Å². The second-order valence-corrected chi connectivity index (χ2v) is 4.93. The van der Waals surface area contributed by atoms with Gasteiger partial charge in [0.25, 0.3) is 0 Å². The number of hydrogen-bond donors (Lipinski definition) is 1. The molecule has 1 saturated carbocycles. The minimum Gasteiger partial charge on any atom is -0.368 e. The normalized spacial score (nSPS) is 25.4. The third-order valence-electron chi connectivity index (χ3n) is 3.76. The monoisotopic (exact) mass is 236 g/mol. The first kappa shape index (κ1) is 12.4. The van der Waals surface area contributed by atoms with Crippen LogP contribution in [0, 0.1) is 5.82 Å². The summed E-state index contributed by atoms with van der Waals surface area (Å²) in [5.74, 6) is -0.161. The summed E-state index contributed by atoms with van der Waals surface area (Å²) >= 11 is 0. The van der Waals surface area contributed by atoms with Crippen molar-refractivity contribution in [3.05, 3.63) is 30.1 Å². The van der Waals surface area contributed by atoms with Crippen molar-refractivity contribution in [2.24, 2.45) is 5.73 Å². The topological polar surface area (TPSA) is 29.3 Å². The van der Waals surface area contributed by atoms with E-state index in [0.29, 0.717) is 5.69 Å². The molecule has 2 nitrogen and oxygen atoms in total. The van der Waals surface area contributed by atoms with Gasteiger partial charge in [0.1, 0.15) is 5.82 Å². The number of likely N-dealkylation sites (N-methyl/N-ethyl adjacent to an activating group) is 1. The van der Waals surface area contributed by atoms with Crippen LogP contribution in [-0.4, -0.2) is 19.1 Å². The number of halogens is 1. The van der Waals surface area contributed by atoms with Gasteiger partial charge in [-0.3, -0.25) is 0 Å². The van der Waals surface area contributed by atoms with E-state index in [4.69, 9.17) is 5.73 Å². The Morgan fingerprint density at radius 1 is 1.18 bits per heavy atom. The molecule has 0 saturated heterocycles. The lowest BCUT2D eigenvalue weighted by atomic mass is 10.0. The standard InChI is InChI=1S/C14H21FN2/c1-17(13-9-6-5-7-11(13)15)14-10-4-2-3-8-12(14)16/h5-7,9,12,14H,2-4,8,10,16H2,1H3. The first-order chi connectivity index (χ1) is 8.20. The molecule has 1 aliphatic rings. The number of para-hydroxylation sites is 1. The fourth-order valence-electron chi connectivity index (χ4n) is 2.71. The third-order valence-corrected chi connectivity index (χ3v) is 3.76. The van der Waals surface area contributed by atoms with Crippen LogP contribution in [0.15, 0.2) is 24.3 Å². The van der Waals surface area contributed by atoms with Crippen molar-refractivity contribution >= 4 is 5.69 Å². The molecular formula is C14H21FN2. The summed E-state index contributed by atoms with van der Waals surface area (Å²) in [5.41, 5.74) is 6.87. The molecule has 0 heterocycles. The maximum atomic E-state index is 13.7. The van der Waals surface area contributed by atoms with Crippen molar-refractivity contribution in [2.75, 3.05) is 11.9 Å². The lowest BCUT2D eigenvalue weighted by Crippen LogP contribution is -2.45. The van der Waals surface area contributed by atoms with Crippen LogP contribution in [0.2, 0.25) is 0 Å². The highest BCUT2D eigenvalue weighted by atomic mass is 19.1. The second-order valence-electron chi connectivity index (χ2n) is 4.93. The van der Waals surface area contributed by atoms with E-state index in [1.807, 2.05) is 24.1 Å². The fourth-order valence-corrected chi connectivity index (χ4v) is 2.71. The van der Waals surface area contributed by atoms with E-state index in [9.17, 15) is 4.39 Å². The van der Waals surface area contributed by atoms with Crippen molar-refractivity contribution in [1.29, 1.82) is 0 Å². The molecule has 0 aliphatic heterocycles. The van der Waals surface area contributed by atoms with E-state index in [-0.39, 0.29) is 17.9 Å². The van der Waals surface area contributed by atoms with Crippen LogP contribution in [0.25, 0.3) is 0 Å². The second kappa shape index (κ2) is 5.50. The van der Waals surface area contributed by atoms with Crippen LogP contribution in [0.4, 0.5) is 10.1 Å². The number of rotatable bonds is 2. The average Bonchev–Trinajstić information content (AvgIpc) is 2.54. The fraction of sp³-hybridized carbons (Fsp3) is 0.571. The highest BCUT2D eigenvalue weighted by molar-refractivity contribution is 5.48. The Bertz CT molecular complexity index is 367. The summed E-state index contributed by atoms with van der Waals surface area (Å²) in [6, 6.07) is 7.34. The first-order valence-corrected chi connectivity index (χ1v) is 6.43. The quantitative estimate of drug-likeness (QED) is 0.800. The molecule has 1 aromatic carbocycles. The molecule has 0 amide bonds. The van der Waals surface area contributed by atoms with Crippen LogP contribution in [-0.2, 0) is 0 Å². The van der Waals surface area contributed by atoms with Gasteiger partial charge in [-0.2, -0.15) is 0 Å². The number of hydrogen-bond acceptors (Lipinski definition) is 2. The minimum atomic E-state index is -0.161. The van der Waals surface area contributed by atoms with Gasteiger partial charge in [-0.1, -0.05) is 31.4 Å². The zero-order chi connectivity index (χ0) is 12.3. The van der Waals surface area contributed by atoms with Crippen molar-refractivity contribution in [2.45, 2.75) is 44.2 Å². The minimum absolute atomic E-state index is 0.155. The maximum absolute atomic E-state index is 13.7. The Kier molecular flexibility index (Phi) is 4.00. The number of anilines is 1. The molecule has 94 valence electrons. The first-order valence-electron chi connectivity index (χ1n) is 6.43.